The fourth-order valence-electron chi connectivity index (χ4n) is 9.54. The molecule has 2 aliphatic heterocycles. The van der Waals surface area contributed by atoms with Crippen LogP contribution in [0.4, 0.5) is 14.0 Å². The third kappa shape index (κ3) is 14.8. The Labute approximate surface area is 347 Å². The van der Waals surface area contributed by atoms with E-state index in [2.05, 4.69) is 16.0 Å². The number of urea groups is 2. The molecule has 6 atom stereocenters. The van der Waals surface area contributed by atoms with Gasteiger partial charge in [0.2, 0.25) is 5.91 Å². The Morgan fingerprint density at radius 3 is 1.84 bits per heavy atom. The molecule has 0 radical (unpaired) electrons. The van der Waals surface area contributed by atoms with Crippen molar-refractivity contribution in [3.8, 4) is 0 Å². The van der Waals surface area contributed by atoms with Crippen molar-refractivity contribution in [2.75, 3.05) is 32.7 Å². The number of hydrogen-bond acceptors (Lipinski definition) is 6. The zero-order chi connectivity index (χ0) is 41.4. The average molecular weight is 821 g/mol. The molecule has 2 saturated heterocycles. The summed E-state index contributed by atoms with van der Waals surface area (Å²) >= 11 is 6.08. The lowest BCUT2D eigenvalue weighted by atomic mass is 9.74. The Morgan fingerprint density at radius 2 is 1.32 bits per heavy atom. The van der Waals surface area contributed by atoms with Gasteiger partial charge in [-0.25, -0.2) is 14.0 Å². The molecule has 4 fully saturated rings. The Kier molecular flexibility index (Phi) is 19.6. The van der Waals surface area contributed by atoms with E-state index in [0.717, 1.165) is 44.7 Å². The highest BCUT2D eigenvalue weighted by Gasteiger charge is 2.43. The highest BCUT2D eigenvalue weighted by molar-refractivity contribution is 6.30. The molecule has 8 N–H and O–H groups in total. The molecular formula is C44H75ClFN7O4. The van der Waals surface area contributed by atoms with Crippen LogP contribution in [0.1, 0.15) is 148 Å². The molecule has 1 aromatic rings. The quantitative estimate of drug-likeness (QED) is 0.106. The highest BCUT2D eigenvalue weighted by atomic mass is 35.5. The first-order valence-corrected chi connectivity index (χ1v) is 22.7. The van der Waals surface area contributed by atoms with Gasteiger partial charge in [-0.2, -0.15) is 0 Å². The summed E-state index contributed by atoms with van der Waals surface area (Å²) in [6, 6.07) is 4.45. The molecular weight excluding hydrogens is 745 g/mol. The highest BCUT2D eigenvalue weighted by Crippen LogP contribution is 2.42. The molecule has 5 rings (SSSR count). The molecule has 5 amide bonds. The number of hydrogen-bond donors (Lipinski definition) is 6. The lowest BCUT2D eigenvalue weighted by Gasteiger charge is -2.43. The second-order valence-corrected chi connectivity index (χ2v) is 18.2. The lowest BCUT2D eigenvalue weighted by molar-refractivity contribution is -0.119. The summed E-state index contributed by atoms with van der Waals surface area (Å²) in [6.45, 7) is 8.42. The van der Waals surface area contributed by atoms with Crippen molar-refractivity contribution < 1.29 is 23.9 Å². The summed E-state index contributed by atoms with van der Waals surface area (Å²) in [5.41, 5.74) is 11.0. The van der Waals surface area contributed by atoms with E-state index in [0.29, 0.717) is 44.8 Å². The van der Waals surface area contributed by atoms with Gasteiger partial charge in [0.1, 0.15) is 5.82 Å². The number of rotatable bonds is 14. The van der Waals surface area contributed by atoms with Gasteiger partial charge in [0.15, 0.2) is 0 Å². The maximum Gasteiger partial charge on any atom is 0.317 e. The Bertz CT molecular complexity index is 1390. The van der Waals surface area contributed by atoms with Crippen molar-refractivity contribution in [3.05, 3.63) is 34.6 Å². The van der Waals surface area contributed by atoms with Crippen LogP contribution < -0.4 is 27.4 Å². The molecule has 11 nitrogen and oxygen atoms in total. The molecule has 4 aliphatic rings. The maximum atomic E-state index is 15.2. The molecule has 2 heterocycles. The predicted molar refractivity (Wildman–Crippen MR) is 227 cm³/mol. The Balaban J connectivity index is 0.000000302. The molecule has 2 saturated carbocycles. The van der Waals surface area contributed by atoms with Crippen LogP contribution >= 0.6 is 11.6 Å². The SMILES string of the molecule is CC(=O)NCCC[C@](O)(c1cccc(Cl)c1F)C1CCCN(C(=O)N[C@@H](CC2CCCCC2)[C@@H](C)N)C1.C[C@@H](N)[C@H](CC1CCCCC1)NC(=O)N1CCCCC1. The summed E-state index contributed by atoms with van der Waals surface area (Å²) in [6.07, 6.45) is 20.3. The molecule has 2 aliphatic carbocycles. The first-order chi connectivity index (χ1) is 27.3. The van der Waals surface area contributed by atoms with Crippen LogP contribution in [0.25, 0.3) is 0 Å². The molecule has 1 unspecified atom stereocenters. The molecule has 1 aromatic carbocycles. The van der Waals surface area contributed by atoms with Gasteiger partial charge < -0.3 is 42.3 Å². The van der Waals surface area contributed by atoms with Crippen LogP contribution in [0.2, 0.25) is 5.02 Å². The number of nitrogens with one attached hydrogen (secondary N) is 3. The summed E-state index contributed by atoms with van der Waals surface area (Å²) in [7, 11) is 0. The number of piperidine rings is 2. The third-order valence-electron chi connectivity index (χ3n) is 13.1. The molecule has 324 valence electrons. The van der Waals surface area contributed by atoms with E-state index in [9.17, 15) is 19.5 Å². The van der Waals surface area contributed by atoms with Crippen LogP contribution in [0.15, 0.2) is 18.2 Å². The smallest absolute Gasteiger partial charge is 0.317 e. The number of benzene rings is 1. The monoisotopic (exact) mass is 820 g/mol. The Hall–Kier alpha value is -2.67. The number of nitrogens with two attached hydrogens (primary N) is 2. The summed E-state index contributed by atoms with van der Waals surface area (Å²) < 4.78 is 15.2. The van der Waals surface area contributed by atoms with Crippen molar-refractivity contribution >= 4 is 29.6 Å². The van der Waals surface area contributed by atoms with E-state index in [1.807, 2.05) is 18.7 Å². The molecule has 0 aromatic heterocycles. The number of nitrogens with zero attached hydrogens (tertiary/aromatic N) is 2. The third-order valence-corrected chi connectivity index (χ3v) is 13.4. The maximum absolute atomic E-state index is 15.2. The van der Waals surface area contributed by atoms with Crippen molar-refractivity contribution in [1.82, 2.24) is 25.8 Å². The number of likely N-dealkylation sites (tertiary alicyclic amines) is 2. The van der Waals surface area contributed by atoms with E-state index in [1.54, 1.807) is 17.0 Å². The van der Waals surface area contributed by atoms with Crippen LogP contribution in [0.3, 0.4) is 0 Å². The fraction of sp³-hybridized carbons (Fsp3) is 0.795. The van der Waals surface area contributed by atoms with Crippen molar-refractivity contribution in [2.45, 2.75) is 173 Å². The first kappa shape index (κ1) is 47.0. The van der Waals surface area contributed by atoms with Gasteiger partial charge >= 0.3 is 12.1 Å². The Morgan fingerprint density at radius 1 is 0.807 bits per heavy atom. The second-order valence-electron chi connectivity index (χ2n) is 17.8. The molecule has 13 heteroatoms. The molecule has 0 bridgehead atoms. The van der Waals surface area contributed by atoms with Gasteiger partial charge in [0.25, 0.3) is 0 Å². The van der Waals surface area contributed by atoms with Gasteiger partial charge in [-0.1, -0.05) is 87.9 Å². The molecule has 57 heavy (non-hydrogen) atoms. The summed E-state index contributed by atoms with van der Waals surface area (Å²) in [5.74, 6) is 0.150. The number of aliphatic hydroxyl groups is 1. The minimum atomic E-state index is -1.53. The minimum absolute atomic E-state index is 0.0330. The number of halogens is 2. The van der Waals surface area contributed by atoms with Gasteiger partial charge in [-0.3, -0.25) is 4.79 Å². The fourth-order valence-corrected chi connectivity index (χ4v) is 9.72. The van der Waals surface area contributed by atoms with E-state index < -0.39 is 11.4 Å². The largest absolute Gasteiger partial charge is 0.385 e. The van der Waals surface area contributed by atoms with E-state index in [4.69, 9.17) is 23.1 Å². The van der Waals surface area contributed by atoms with Crippen LogP contribution in [0, 0.1) is 23.6 Å². The van der Waals surface area contributed by atoms with Crippen molar-refractivity contribution in [1.29, 1.82) is 0 Å². The van der Waals surface area contributed by atoms with Gasteiger partial charge in [-0.15, -0.1) is 0 Å². The lowest BCUT2D eigenvalue weighted by Crippen LogP contribution is -2.55. The minimum Gasteiger partial charge on any atom is -0.385 e. The van der Waals surface area contributed by atoms with Crippen molar-refractivity contribution in [2.24, 2.45) is 29.2 Å². The zero-order valence-electron chi connectivity index (χ0n) is 35.2. The second kappa shape index (κ2) is 23.8. The standard InChI is InChI=1S/C28H44ClFN4O3.C16H31N3O/c1-19(31)25(17-21-9-4-3-5-10-21)33-27(36)34-16-7-11-22(18-34)28(37,14-8-15-32-20(2)35)23-12-6-13-24(29)26(23)30;1-13(17)15(12-14-8-4-2-5-9-14)18-16(20)19-10-6-3-7-11-19/h6,12-13,19,21-22,25,37H,3-5,7-11,14-18,31H2,1-2H3,(H,32,35)(H,33,36);13-15H,2-12,17H2,1H3,(H,18,20)/t19-,22?,25+,28-;13-,15+/m11/s1. The predicted octanol–water partition coefficient (Wildman–Crippen LogP) is 7.56. The summed E-state index contributed by atoms with van der Waals surface area (Å²) in [4.78, 5) is 40.7. The van der Waals surface area contributed by atoms with E-state index in [1.165, 1.54) is 83.6 Å². The topological polar surface area (TPSA) is 166 Å². The number of carbonyl (C=O) groups excluding carboxylic acids is 3. The zero-order valence-corrected chi connectivity index (χ0v) is 36.0. The van der Waals surface area contributed by atoms with E-state index >= 15 is 4.39 Å². The van der Waals surface area contributed by atoms with Gasteiger partial charge in [-0.05, 0) is 89.5 Å². The van der Waals surface area contributed by atoms with Crippen molar-refractivity contribution in [3.63, 3.8) is 0 Å². The summed E-state index contributed by atoms with van der Waals surface area (Å²) in [5, 5.41) is 21.0. The van der Waals surface area contributed by atoms with Gasteiger partial charge in [0, 0.05) is 75.3 Å². The number of amides is 5. The normalized spacial score (nSPS) is 22.8. The molecule has 0 spiro atoms. The van der Waals surface area contributed by atoms with Crippen LogP contribution in [0.5, 0.6) is 0 Å². The van der Waals surface area contributed by atoms with E-state index in [-0.39, 0.29) is 65.1 Å². The first-order valence-electron chi connectivity index (χ1n) is 22.3. The van der Waals surface area contributed by atoms with Crippen LogP contribution in [-0.2, 0) is 10.4 Å². The average Bonchev–Trinajstić information content (AvgIpc) is 3.21. The van der Waals surface area contributed by atoms with Gasteiger partial charge in [0.05, 0.1) is 10.6 Å². The van der Waals surface area contributed by atoms with Crippen LogP contribution in [-0.4, -0.2) is 89.8 Å². The number of carbonyl (C=O) groups is 3.